The van der Waals surface area contributed by atoms with E-state index in [-0.39, 0.29) is 0 Å². The molecular weight excluding hydrogens is 633 g/mol. The van der Waals surface area contributed by atoms with E-state index >= 15 is 0 Å². The summed E-state index contributed by atoms with van der Waals surface area (Å²) in [5.74, 6) is 0.826. The van der Waals surface area contributed by atoms with E-state index in [1.165, 1.54) is 60.0 Å². The lowest BCUT2D eigenvalue weighted by Crippen LogP contribution is -2.04. The Balaban J connectivity index is 1.26. The first-order chi connectivity index (χ1) is 25.8. The lowest BCUT2D eigenvalue weighted by Gasteiger charge is -2.15. The van der Waals surface area contributed by atoms with Crippen molar-refractivity contribution in [3.63, 3.8) is 0 Å². The van der Waals surface area contributed by atoms with Gasteiger partial charge in [0.1, 0.15) is 5.69 Å². The predicted octanol–water partition coefficient (Wildman–Crippen LogP) is 12.4. The fourth-order valence-electron chi connectivity index (χ4n) is 8.80. The summed E-state index contributed by atoms with van der Waals surface area (Å²) in [6.45, 7) is 0. The summed E-state index contributed by atoms with van der Waals surface area (Å²) < 4.78 is 4.85. The molecule has 0 aliphatic heterocycles. The maximum absolute atomic E-state index is 5.50. The fourth-order valence-corrected chi connectivity index (χ4v) is 8.80. The van der Waals surface area contributed by atoms with Crippen molar-refractivity contribution in [2.45, 2.75) is 0 Å². The van der Waals surface area contributed by atoms with Crippen molar-refractivity contribution >= 4 is 81.7 Å². The first-order valence-electron chi connectivity index (χ1n) is 17.8. The highest BCUT2D eigenvalue weighted by molar-refractivity contribution is 6.31. The molecule has 0 saturated heterocycles. The van der Waals surface area contributed by atoms with E-state index < -0.39 is 0 Å². The minimum absolute atomic E-state index is 0.826. The quantitative estimate of drug-likeness (QED) is 0.177. The third-order valence-electron chi connectivity index (χ3n) is 11.0. The SMILES string of the molecule is c1ccc(-c2ccc3c(c2)c2cccc4c5cccc6c5c5c(cccc5n3c42)n6-c2nc3ccc4ccccc4c3nc2-c2ccccc2)cc1. The first-order valence-corrected chi connectivity index (χ1v) is 17.8. The van der Waals surface area contributed by atoms with Gasteiger partial charge in [-0.2, -0.15) is 0 Å². The summed E-state index contributed by atoms with van der Waals surface area (Å²) in [5, 5.41) is 9.69. The van der Waals surface area contributed by atoms with Gasteiger partial charge in [0.05, 0.1) is 38.6 Å². The van der Waals surface area contributed by atoms with Crippen molar-refractivity contribution in [3.8, 4) is 28.2 Å². The van der Waals surface area contributed by atoms with Gasteiger partial charge in [-0.25, -0.2) is 9.97 Å². The second-order valence-electron chi connectivity index (χ2n) is 13.8. The van der Waals surface area contributed by atoms with Crippen LogP contribution in [0.15, 0.2) is 170 Å². The van der Waals surface area contributed by atoms with Crippen LogP contribution in [0.5, 0.6) is 0 Å². The Hall–Kier alpha value is -7.04. The van der Waals surface area contributed by atoms with Crippen LogP contribution in [0.4, 0.5) is 0 Å². The molecule has 0 aliphatic rings. The van der Waals surface area contributed by atoms with Crippen molar-refractivity contribution in [2.24, 2.45) is 0 Å². The Kier molecular flexibility index (Phi) is 5.47. The van der Waals surface area contributed by atoms with Crippen molar-refractivity contribution in [1.82, 2.24) is 18.9 Å². The normalized spacial score (nSPS) is 12.2. The van der Waals surface area contributed by atoms with Gasteiger partial charge in [-0.15, -0.1) is 0 Å². The fraction of sp³-hybridized carbons (Fsp3) is 0. The molecule has 0 spiro atoms. The smallest absolute Gasteiger partial charge is 0.165 e. The maximum atomic E-state index is 5.50. The van der Waals surface area contributed by atoms with Crippen molar-refractivity contribution < 1.29 is 0 Å². The molecule has 0 radical (unpaired) electrons. The molecular formula is C48H28N4. The topological polar surface area (TPSA) is 35.1 Å². The first kappa shape index (κ1) is 27.7. The zero-order chi connectivity index (χ0) is 33.9. The van der Waals surface area contributed by atoms with E-state index in [4.69, 9.17) is 9.97 Å². The van der Waals surface area contributed by atoms with Gasteiger partial charge < -0.3 is 4.40 Å². The van der Waals surface area contributed by atoms with Crippen LogP contribution in [-0.4, -0.2) is 18.9 Å². The molecule has 0 aliphatic carbocycles. The highest BCUT2D eigenvalue weighted by Crippen LogP contribution is 2.45. The largest absolute Gasteiger partial charge is 0.308 e. The van der Waals surface area contributed by atoms with Gasteiger partial charge in [-0.3, -0.25) is 4.57 Å². The van der Waals surface area contributed by atoms with Crippen LogP contribution < -0.4 is 0 Å². The number of aromatic nitrogens is 4. The van der Waals surface area contributed by atoms with Gasteiger partial charge in [0.2, 0.25) is 0 Å². The van der Waals surface area contributed by atoms with Gasteiger partial charge in [0, 0.05) is 37.9 Å². The minimum atomic E-state index is 0.826. The lowest BCUT2D eigenvalue weighted by atomic mass is 10.0. The average molecular weight is 661 g/mol. The monoisotopic (exact) mass is 660 g/mol. The number of nitrogens with zero attached hydrogens (tertiary/aromatic N) is 4. The van der Waals surface area contributed by atoms with Gasteiger partial charge in [-0.05, 0) is 58.3 Å². The van der Waals surface area contributed by atoms with Crippen LogP contribution in [0.1, 0.15) is 0 Å². The zero-order valence-corrected chi connectivity index (χ0v) is 28.0. The van der Waals surface area contributed by atoms with Crippen molar-refractivity contribution in [2.75, 3.05) is 0 Å². The number of fused-ring (bicyclic) bond motifs is 8. The third kappa shape index (κ3) is 3.65. The zero-order valence-electron chi connectivity index (χ0n) is 28.0. The average Bonchev–Trinajstić information content (AvgIpc) is 3.69. The summed E-state index contributed by atoms with van der Waals surface area (Å²) >= 11 is 0. The third-order valence-corrected chi connectivity index (χ3v) is 11.0. The van der Waals surface area contributed by atoms with E-state index in [9.17, 15) is 0 Å². The molecule has 0 bridgehead atoms. The number of rotatable bonds is 3. The molecule has 0 amide bonds. The molecule has 0 unspecified atom stereocenters. The van der Waals surface area contributed by atoms with Gasteiger partial charge >= 0.3 is 0 Å². The standard InChI is InChI=1S/C48H28N4/c1-3-12-29(13-4-1)32-25-27-39-37(28-32)36-20-9-19-35-34-18-10-21-40-43(34)44-41(51(39)47(35)36)22-11-23-42(44)52(40)48-45(31-15-5-2-6-16-31)50-46-33-17-8-7-14-30(33)24-26-38(46)49-48/h1-28H. The van der Waals surface area contributed by atoms with Crippen LogP contribution in [0, 0.1) is 0 Å². The molecule has 0 saturated carbocycles. The Morgan fingerprint density at radius 3 is 1.88 bits per heavy atom. The van der Waals surface area contributed by atoms with Crippen LogP contribution in [0.2, 0.25) is 0 Å². The molecule has 240 valence electrons. The summed E-state index contributed by atoms with van der Waals surface area (Å²) in [4.78, 5) is 11.0. The summed E-state index contributed by atoms with van der Waals surface area (Å²) in [7, 11) is 0. The molecule has 12 rings (SSSR count). The molecule has 8 aromatic carbocycles. The van der Waals surface area contributed by atoms with Gasteiger partial charge in [0.15, 0.2) is 5.82 Å². The Bertz CT molecular complexity index is 3390. The second kappa shape index (κ2) is 10.3. The molecule has 4 nitrogen and oxygen atoms in total. The lowest BCUT2D eigenvalue weighted by molar-refractivity contribution is 1.08. The van der Waals surface area contributed by atoms with E-state index in [2.05, 4.69) is 179 Å². The molecule has 52 heavy (non-hydrogen) atoms. The number of hydrogen-bond acceptors (Lipinski definition) is 2. The van der Waals surface area contributed by atoms with E-state index in [0.717, 1.165) is 49.9 Å². The second-order valence-corrected chi connectivity index (χ2v) is 13.8. The summed E-state index contributed by atoms with van der Waals surface area (Å²) in [6, 6.07) is 61.0. The molecule has 4 heteroatoms. The maximum Gasteiger partial charge on any atom is 0.165 e. The van der Waals surface area contributed by atoms with E-state index in [0.29, 0.717) is 0 Å². The molecule has 0 N–H and O–H groups in total. The molecule has 12 aromatic rings. The highest BCUT2D eigenvalue weighted by Gasteiger charge is 2.24. The molecule has 0 atom stereocenters. The summed E-state index contributed by atoms with van der Waals surface area (Å²) in [6.07, 6.45) is 0. The number of hydrogen-bond donors (Lipinski definition) is 0. The summed E-state index contributed by atoms with van der Waals surface area (Å²) in [5.41, 5.74) is 12.0. The Morgan fingerprint density at radius 2 is 1.04 bits per heavy atom. The van der Waals surface area contributed by atoms with Crippen molar-refractivity contribution in [3.05, 3.63) is 170 Å². The van der Waals surface area contributed by atoms with Gasteiger partial charge in [-0.1, -0.05) is 133 Å². The highest BCUT2D eigenvalue weighted by atomic mass is 15.1. The van der Waals surface area contributed by atoms with Crippen LogP contribution in [0.25, 0.3) is 110 Å². The minimum Gasteiger partial charge on any atom is -0.308 e. The van der Waals surface area contributed by atoms with Crippen molar-refractivity contribution in [1.29, 1.82) is 0 Å². The number of benzene rings is 8. The van der Waals surface area contributed by atoms with Crippen LogP contribution in [0.3, 0.4) is 0 Å². The Labute approximate surface area is 297 Å². The van der Waals surface area contributed by atoms with E-state index in [1.807, 2.05) is 0 Å². The van der Waals surface area contributed by atoms with E-state index in [1.54, 1.807) is 0 Å². The van der Waals surface area contributed by atoms with Gasteiger partial charge in [0.25, 0.3) is 0 Å². The van der Waals surface area contributed by atoms with Crippen LogP contribution in [-0.2, 0) is 0 Å². The predicted molar refractivity (Wildman–Crippen MR) is 217 cm³/mol. The van der Waals surface area contributed by atoms with Crippen LogP contribution >= 0.6 is 0 Å². The molecule has 4 aromatic heterocycles. The Morgan fingerprint density at radius 1 is 0.385 bits per heavy atom. The molecule has 0 fully saturated rings. The molecule has 4 heterocycles. The number of para-hydroxylation sites is 1.